The fourth-order valence-corrected chi connectivity index (χ4v) is 6.96. The van der Waals surface area contributed by atoms with E-state index in [9.17, 15) is 14.7 Å². The zero-order valence-electron chi connectivity index (χ0n) is 22.7. The van der Waals surface area contributed by atoms with Gasteiger partial charge < -0.3 is 14.9 Å². The smallest absolute Gasteiger partial charge is 0.314 e. The molecule has 3 aromatic carbocycles. The van der Waals surface area contributed by atoms with Gasteiger partial charge in [-0.05, 0) is 93.6 Å². The van der Waals surface area contributed by atoms with Crippen LogP contribution in [0.3, 0.4) is 0 Å². The molecule has 0 aromatic heterocycles. The van der Waals surface area contributed by atoms with Gasteiger partial charge in [-0.2, -0.15) is 0 Å². The third-order valence-electron chi connectivity index (χ3n) is 8.99. The second-order valence-corrected chi connectivity index (χ2v) is 12.1. The number of amides is 1. The second-order valence-electron chi connectivity index (χ2n) is 11.3. The number of nitrogens with zero attached hydrogens (tertiary/aromatic N) is 2. The number of carbonyl (C=O) groups is 2. The Labute approximate surface area is 246 Å². The predicted molar refractivity (Wildman–Crippen MR) is 160 cm³/mol. The Hall–Kier alpha value is -2.86. The van der Waals surface area contributed by atoms with E-state index >= 15 is 0 Å². The minimum absolute atomic E-state index is 0.0617. The van der Waals surface area contributed by atoms with Crippen molar-refractivity contribution in [1.29, 1.82) is 0 Å². The van der Waals surface area contributed by atoms with Crippen molar-refractivity contribution in [2.45, 2.75) is 49.4 Å². The number of piperidine rings is 2. The molecule has 3 aromatic rings. The molecule has 2 fully saturated rings. The van der Waals surface area contributed by atoms with Crippen LogP contribution in [-0.4, -0.2) is 59.5 Å². The molecule has 1 unspecified atom stereocenters. The summed E-state index contributed by atoms with van der Waals surface area (Å²) in [6.45, 7) is 3.76. The molecule has 0 spiro atoms. The highest BCUT2D eigenvalue weighted by Crippen LogP contribution is 2.41. The Morgan fingerprint density at radius 2 is 1.48 bits per heavy atom. The standard InChI is InChI=1S/C33H36Cl2N2O3/c34-28-14-13-27(23-29(28)35)32(16-8-20-37(24-32)30(38)25-9-3-1-4-10-25)15-7-19-36-21-17-33(18-22-36,31(39)40)26-11-5-2-6-12-26/h1-6,9-14,23H,7-8,15-22,24H2,(H,39,40). The van der Waals surface area contributed by atoms with Crippen molar-refractivity contribution in [3.05, 3.63) is 106 Å². The number of carbonyl (C=O) groups excluding carboxylic acids is 1. The number of benzene rings is 3. The van der Waals surface area contributed by atoms with Gasteiger partial charge in [-0.25, -0.2) is 0 Å². The summed E-state index contributed by atoms with van der Waals surface area (Å²) in [5, 5.41) is 11.2. The highest BCUT2D eigenvalue weighted by atomic mass is 35.5. The average molecular weight is 580 g/mol. The molecule has 5 nitrogen and oxygen atoms in total. The molecule has 0 radical (unpaired) electrons. The monoisotopic (exact) mass is 578 g/mol. The summed E-state index contributed by atoms with van der Waals surface area (Å²) in [4.78, 5) is 30.2. The molecule has 5 rings (SSSR count). The fourth-order valence-electron chi connectivity index (χ4n) is 6.66. The van der Waals surface area contributed by atoms with Gasteiger partial charge in [0, 0.05) is 24.1 Å². The zero-order valence-corrected chi connectivity index (χ0v) is 24.2. The summed E-state index contributed by atoms with van der Waals surface area (Å²) in [6.07, 6.45) is 4.94. The lowest BCUT2D eigenvalue weighted by atomic mass is 9.70. The molecule has 1 N–H and O–H groups in total. The molecule has 2 aliphatic heterocycles. The topological polar surface area (TPSA) is 60.9 Å². The minimum Gasteiger partial charge on any atom is -0.481 e. The van der Waals surface area contributed by atoms with Crippen molar-refractivity contribution in [2.24, 2.45) is 0 Å². The minimum atomic E-state index is -0.819. The van der Waals surface area contributed by atoms with Gasteiger partial charge in [0.1, 0.15) is 0 Å². The van der Waals surface area contributed by atoms with E-state index in [1.54, 1.807) is 0 Å². The van der Waals surface area contributed by atoms with E-state index in [2.05, 4.69) is 11.0 Å². The van der Waals surface area contributed by atoms with E-state index in [4.69, 9.17) is 23.2 Å². The van der Waals surface area contributed by atoms with Crippen molar-refractivity contribution in [3.63, 3.8) is 0 Å². The van der Waals surface area contributed by atoms with Gasteiger partial charge in [-0.15, -0.1) is 0 Å². The molecule has 210 valence electrons. The quantitative estimate of drug-likeness (QED) is 0.310. The van der Waals surface area contributed by atoms with Crippen molar-refractivity contribution in [2.75, 3.05) is 32.7 Å². The van der Waals surface area contributed by atoms with Crippen molar-refractivity contribution in [1.82, 2.24) is 9.80 Å². The van der Waals surface area contributed by atoms with Crippen molar-refractivity contribution >= 4 is 35.1 Å². The largest absolute Gasteiger partial charge is 0.481 e. The first-order valence-electron chi connectivity index (χ1n) is 14.1. The van der Waals surface area contributed by atoms with Gasteiger partial charge in [0.15, 0.2) is 0 Å². The van der Waals surface area contributed by atoms with Crippen LogP contribution in [-0.2, 0) is 15.6 Å². The fraction of sp³-hybridized carbons (Fsp3) is 0.394. The van der Waals surface area contributed by atoms with Crippen LogP contribution in [0.15, 0.2) is 78.9 Å². The van der Waals surface area contributed by atoms with Crippen molar-refractivity contribution in [3.8, 4) is 0 Å². The van der Waals surface area contributed by atoms with E-state index in [-0.39, 0.29) is 11.3 Å². The number of likely N-dealkylation sites (tertiary alicyclic amines) is 2. The van der Waals surface area contributed by atoms with Gasteiger partial charge in [-0.3, -0.25) is 9.59 Å². The van der Waals surface area contributed by atoms with E-state index in [1.165, 1.54) is 0 Å². The summed E-state index contributed by atoms with van der Waals surface area (Å²) in [5.74, 6) is -0.672. The van der Waals surface area contributed by atoms with Crippen LogP contribution in [0.25, 0.3) is 0 Å². The molecule has 1 amide bonds. The van der Waals surface area contributed by atoms with Gasteiger partial charge in [0.05, 0.1) is 15.5 Å². The molecule has 7 heteroatoms. The Kier molecular flexibility index (Phi) is 8.84. The molecule has 2 saturated heterocycles. The SMILES string of the molecule is O=C(c1ccccc1)N1CCCC(CCCN2CCC(C(=O)O)(c3ccccc3)CC2)(c2ccc(Cl)c(Cl)c2)C1. The number of carboxylic acid groups (broad SMARTS) is 1. The highest BCUT2D eigenvalue weighted by molar-refractivity contribution is 6.42. The number of aliphatic carboxylic acids is 1. The van der Waals surface area contributed by atoms with E-state index in [1.807, 2.05) is 77.7 Å². The van der Waals surface area contributed by atoms with Crippen LogP contribution in [0, 0.1) is 0 Å². The lowest BCUT2D eigenvalue weighted by Crippen LogP contribution is -2.49. The average Bonchev–Trinajstić information content (AvgIpc) is 2.99. The van der Waals surface area contributed by atoms with Crippen LogP contribution in [0.1, 0.15) is 60.0 Å². The zero-order chi connectivity index (χ0) is 28.2. The lowest BCUT2D eigenvalue weighted by Gasteiger charge is -2.44. The van der Waals surface area contributed by atoms with E-state index in [0.29, 0.717) is 35.0 Å². The maximum atomic E-state index is 13.4. The summed E-state index contributed by atoms with van der Waals surface area (Å²) >= 11 is 12.8. The molecule has 1 atom stereocenters. The number of carboxylic acids is 1. The molecular formula is C33H36Cl2N2O3. The Balaban J connectivity index is 1.29. The van der Waals surface area contributed by atoms with Crippen LogP contribution in [0.4, 0.5) is 0 Å². The first-order chi connectivity index (χ1) is 19.3. The normalized spacial score (nSPS) is 21.2. The summed E-state index contributed by atoms with van der Waals surface area (Å²) in [7, 11) is 0. The van der Waals surface area contributed by atoms with Gasteiger partial charge in [-0.1, -0.05) is 77.8 Å². The first-order valence-corrected chi connectivity index (χ1v) is 14.9. The van der Waals surface area contributed by atoms with Crippen molar-refractivity contribution < 1.29 is 14.7 Å². The van der Waals surface area contributed by atoms with E-state index in [0.717, 1.165) is 63.0 Å². The molecule has 2 heterocycles. The Bertz CT molecular complexity index is 1330. The Morgan fingerprint density at radius 1 is 0.800 bits per heavy atom. The molecule has 2 aliphatic rings. The summed E-state index contributed by atoms with van der Waals surface area (Å²) < 4.78 is 0. The lowest BCUT2D eigenvalue weighted by molar-refractivity contribution is -0.146. The van der Waals surface area contributed by atoms with Gasteiger partial charge in [0.2, 0.25) is 0 Å². The van der Waals surface area contributed by atoms with E-state index < -0.39 is 11.4 Å². The van der Waals surface area contributed by atoms with Crippen LogP contribution < -0.4 is 0 Å². The van der Waals surface area contributed by atoms with Gasteiger partial charge >= 0.3 is 5.97 Å². The van der Waals surface area contributed by atoms with Crippen LogP contribution in [0.2, 0.25) is 10.0 Å². The van der Waals surface area contributed by atoms with Crippen LogP contribution in [0.5, 0.6) is 0 Å². The molecule has 0 aliphatic carbocycles. The number of halogens is 2. The maximum absolute atomic E-state index is 13.4. The number of hydrogen-bond acceptors (Lipinski definition) is 3. The molecular weight excluding hydrogens is 543 g/mol. The molecule has 0 bridgehead atoms. The van der Waals surface area contributed by atoms with Gasteiger partial charge in [0.25, 0.3) is 5.91 Å². The summed E-state index contributed by atoms with van der Waals surface area (Å²) in [6, 6.07) is 25.0. The van der Waals surface area contributed by atoms with Crippen LogP contribution >= 0.6 is 23.2 Å². The number of rotatable bonds is 8. The highest BCUT2D eigenvalue weighted by Gasteiger charge is 2.43. The second kappa shape index (κ2) is 12.3. The number of hydrogen-bond donors (Lipinski definition) is 1. The first kappa shape index (κ1) is 28.7. The third-order valence-corrected chi connectivity index (χ3v) is 9.73. The molecule has 40 heavy (non-hydrogen) atoms. The predicted octanol–water partition coefficient (Wildman–Crippen LogP) is 7.07. The molecule has 0 saturated carbocycles. The third kappa shape index (κ3) is 5.93. The Morgan fingerprint density at radius 3 is 2.12 bits per heavy atom. The summed E-state index contributed by atoms with van der Waals surface area (Å²) in [5.41, 5.74) is 1.69. The maximum Gasteiger partial charge on any atom is 0.314 e.